The van der Waals surface area contributed by atoms with Gasteiger partial charge in [-0.25, -0.2) is 0 Å². The molecule has 0 aliphatic heterocycles. The van der Waals surface area contributed by atoms with Crippen molar-refractivity contribution < 1.29 is 43.7 Å². The van der Waals surface area contributed by atoms with Crippen molar-refractivity contribution in [2.45, 2.75) is 37.1 Å². The molecule has 2 aromatic rings. The molecule has 1 N–H and O–H groups in total. The van der Waals surface area contributed by atoms with Crippen molar-refractivity contribution in [3.8, 4) is 5.75 Å². The third-order valence-electron chi connectivity index (χ3n) is 5.33. The van der Waals surface area contributed by atoms with Gasteiger partial charge in [-0.1, -0.05) is 42.8 Å². The first-order chi connectivity index (χ1) is 17.0. The maximum Gasteiger partial charge on any atom is 0.534 e. The van der Waals surface area contributed by atoms with E-state index in [1.54, 1.807) is 24.9 Å². The fourth-order valence-electron chi connectivity index (χ4n) is 3.62. The van der Waals surface area contributed by atoms with Gasteiger partial charge in [0.2, 0.25) is 0 Å². The van der Waals surface area contributed by atoms with E-state index in [9.17, 15) is 39.6 Å². The molecule has 37 heavy (non-hydrogen) atoms. The van der Waals surface area contributed by atoms with Crippen molar-refractivity contribution >= 4 is 27.6 Å². The highest BCUT2D eigenvalue weighted by molar-refractivity contribution is 7.88. The summed E-state index contributed by atoms with van der Waals surface area (Å²) in [6.07, 6.45) is -2.91. The van der Waals surface area contributed by atoms with E-state index in [1.165, 1.54) is 12.1 Å². The molecule has 0 bridgehead atoms. The number of nitrogens with one attached hydrogen (secondary N) is 1. The normalized spacial score (nSPS) is 14.2. The van der Waals surface area contributed by atoms with Crippen LogP contribution in [0.2, 0.25) is 5.02 Å². The summed E-state index contributed by atoms with van der Waals surface area (Å²) in [6.45, 7) is 5.69. The van der Waals surface area contributed by atoms with Crippen molar-refractivity contribution in [1.29, 1.82) is 0 Å². The highest BCUT2D eigenvalue weighted by Gasteiger charge is 2.48. The lowest BCUT2D eigenvalue weighted by atomic mass is 9.95. The van der Waals surface area contributed by atoms with Gasteiger partial charge in [0.05, 0.1) is 22.2 Å². The number of carbonyl (C=O) groups excluding carboxylic acids is 1. The first-order valence-corrected chi connectivity index (χ1v) is 12.4. The number of amides is 1. The molecule has 0 aromatic heterocycles. The summed E-state index contributed by atoms with van der Waals surface area (Å²) < 4.78 is 105. The van der Waals surface area contributed by atoms with Crippen LogP contribution in [-0.4, -0.2) is 44.4 Å². The molecule has 0 saturated heterocycles. The van der Waals surface area contributed by atoms with E-state index in [0.717, 1.165) is 24.3 Å². The van der Waals surface area contributed by atoms with Crippen LogP contribution in [0.25, 0.3) is 0 Å². The molecule has 2 aromatic carbocycles. The molecule has 0 radical (unpaired) electrons. The molecule has 0 aliphatic carbocycles. The predicted molar refractivity (Wildman–Crippen MR) is 126 cm³/mol. The van der Waals surface area contributed by atoms with Crippen LogP contribution in [-0.2, 0) is 16.3 Å². The molecule has 0 fully saturated rings. The number of benzene rings is 2. The molecule has 1 amide bonds. The molecular formula is C23H23ClF6N2O4S. The summed E-state index contributed by atoms with van der Waals surface area (Å²) in [6, 6.07) is 5.81. The van der Waals surface area contributed by atoms with Crippen LogP contribution in [0.15, 0.2) is 55.1 Å². The van der Waals surface area contributed by atoms with Gasteiger partial charge in [0, 0.05) is 12.6 Å². The number of alkyl halides is 6. The van der Waals surface area contributed by atoms with Gasteiger partial charge in [0.15, 0.2) is 0 Å². The first kappa shape index (κ1) is 30.5. The van der Waals surface area contributed by atoms with Gasteiger partial charge in [0.1, 0.15) is 5.75 Å². The number of rotatable bonds is 10. The summed E-state index contributed by atoms with van der Waals surface area (Å²) in [5.41, 5.74) is -7.24. The largest absolute Gasteiger partial charge is 0.534 e. The molecule has 14 heteroatoms. The van der Waals surface area contributed by atoms with E-state index in [-0.39, 0.29) is 5.56 Å². The minimum absolute atomic E-state index is 0.133. The van der Waals surface area contributed by atoms with Crippen LogP contribution in [0.3, 0.4) is 0 Å². The summed E-state index contributed by atoms with van der Waals surface area (Å²) in [7, 11) is -4.30. The lowest BCUT2D eigenvalue weighted by Crippen LogP contribution is -2.44. The number of likely N-dealkylation sites (N-methyl/N-ethyl adjacent to an activating group) is 1. The Labute approximate surface area is 215 Å². The molecule has 0 aliphatic rings. The molecule has 0 heterocycles. The summed E-state index contributed by atoms with van der Waals surface area (Å²) in [5.74, 6) is -1.66. The summed E-state index contributed by atoms with van der Waals surface area (Å²) in [5, 5.41) is 1.76. The van der Waals surface area contributed by atoms with Crippen molar-refractivity contribution in [2.75, 3.05) is 13.6 Å². The third-order valence-corrected chi connectivity index (χ3v) is 6.71. The second-order valence-corrected chi connectivity index (χ2v) is 9.79. The fourth-order valence-corrected chi connectivity index (χ4v) is 4.39. The van der Waals surface area contributed by atoms with Crippen LogP contribution in [0.5, 0.6) is 5.75 Å². The van der Waals surface area contributed by atoms with E-state index in [2.05, 4.69) is 16.1 Å². The standard InChI is InChI=1S/C23H23ClF6N2O4S/c1-4-12-32(3)18(5-2)20(14-8-6-9-15(13-14)36-37(34,35)23(28,29)30)31-21(33)16-10-7-11-17(19(16)24)22(25,26)27/h4,6-11,13,18,20H,1,5,12H2,2-3H3,(H,31,33)/t18-,20-/m0/s1. The Kier molecular flexibility index (Phi) is 9.66. The predicted octanol–water partition coefficient (Wildman–Crippen LogP) is 5.95. The lowest BCUT2D eigenvalue weighted by Gasteiger charge is -2.34. The van der Waals surface area contributed by atoms with Crippen molar-refractivity contribution in [2.24, 2.45) is 0 Å². The van der Waals surface area contributed by atoms with Crippen LogP contribution in [0, 0.1) is 0 Å². The molecule has 0 unspecified atom stereocenters. The van der Waals surface area contributed by atoms with Crippen molar-refractivity contribution in [3.63, 3.8) is 0 Å². The second-order valence-electron chi connectivity index (χ2n) is 7.88. The molecule has 0 saturated carbocycles. The van der Waals surface area contributed by atoms with Gasteiger partial charge in [-0.05, 0) is 43.3 Å². The maximum atomic E-state index is 13.3. The molecular weight excluding hydrogens is 550 g/mol. The van der Waals surface area contributed by atoms with E-state index in [4.69, 9.17) is 11.6 Å². The van der Waals surface area contributed by atoms with Gasteiger partial charge in [-0.15, -0.1) is 6.58 Å². The highest BCUT2D eigenvalue weighted by atomic mass is 35.5. The first-order valence-electron chi connectivity index (χ1n) is 10.6. The van der Waals surface area contributed by atoms with Crippen molar-refractivity contribution in [3.05, 3.63) is 76.8 Å². The highest BCUT2D eigenvalue weighted by Crippen LogP contribution is 2.37. The number of nitrogens with zero attached hydrogens (tertiary/aromatic N) is 1. The maximum absolute atomic E-state index is 13.3. The van der Waals surface area contributed by atoms with Crippen LogP contribution >= 0.6 is 11.6 Å². The Morgan fingerprint density at radius 3 is 2.32 bits per heavy atom. The van der Waals surface area contributed by atoms with Crippen molar-refractivity contribution in [1.82, 2.24) is 10.2 Å². The lowest BCUT2D eigenvalue weighted by molar-refractivity contribution is -0.137. The van der Waals surface area contributed by atoms with E-state index >= 15 is 0 Å². The molecule has 2 rings (SSSR count). The quantitative estimate of drug-likeness (QED) is 0.165. The molecule has 204 valence electrons. The third kappa shape index (κ3) is 7.39. The topological polar surface area (TPSA) is 75.7 Å². The molecule has 0 spiro atoms. The average molecular weight is 573 g/mol. The minimum Gasteiger partial charge on any atom is -0.376 e. The zero-order valence-electron chi connectivity index (χ0n) is 19.5. The SMILES string of the molecule is C=CCN(C)[C@@H](CC)[C@@H](NC(=O)c1cccc(C(F)(F)F)c1Cl)c1cccc(OS(=O)(=O)C(F)(F)F)c1. The Balaban J connectivity index is 2.55. The number of carbonyl (C=O) groups is 1. The van der Waals surface area contributed by atoms with E-state index in [0.29, 0.717) is 19.0 Å². The number of hydrogen-bond acceptors (Lipinski definition) is 5. The Hall–Kier alpha value is -2.77. The van der Waals surface area contributed by atoms with E-state index < -0.39 is 61.7 Å². The van der Waals surface area contributed by atoms with Crippen LogP contribution in [0.1, 0.15) is 40.9 Å². The van der Waals surface area contributed by atoms with Gasteiger partial charge in [0.25, 0.3) is 5.91 Å². The number of halogens is 7. The molecule has 2 atom stereocenters. The molecule has 6 nitrogen and oxygen atoms in total. The Morgan fingerprint density at radius 1 is 1.16 bits per heavy atom. The number of hydrogen-bond donors (Lipinski definition) is 1. The summed E-state index contributed by atoms with van der Waals surface area (Å²) in [4.78, 5) is 14.8. The van der Waals surface area contributed by atoms with Gasteiger partial charge in [-0.3, -0.25) is 9.69 Å². The fraction of sp³-hybridized carbons (Fsp3) is 0.348. The second kappa shape index (κ2) is 11.7. The average Bonchev–Trinajstić information content (AvgIpc) is 2.77. The minimum atomic E-state index is -5.97. The monoisotopic (exact) mass is 572 g/mol. The Bertz CT molecular complexity index is 1230. The van der Waals surface area contributed by atoms with E-state index in [1.807, 2.05) is 0 Å². The zero-order valence-corrected chi connectivity index (χ0v) is 21.1. The van der Waals surface area contributed by atoms with Gasteiger partial charge in [-0.2, -0.15) is 34.8 Å². The van der Waals surface area contributed by atoms with Crippen LogP contribution < -0.4 is 9.50 Å². The zero-order chi connectivity index (χ0) is 28.2. The Morgan fingerprint density at radius 2 is 1.78 bits per heavy atom. The smallest absolute Gasteiger partial charge is 0.376 e. The van der Waals surface area contributed by atoms with Gasteiger partial charge >= 0.3 is 21.8 Å². The van der Waals surface area contributed by atoms with Gasteiger partial charge < -0.3 is 9.50 Å². The van der Waals surface area contributed by atoms with Crippen LogP contribution in [0.4, 0.5) is 26.3 Å². The summed E-state index contributed by atoms with van der Waals surface area (Å²) >= 11 is 5.89.